The SMILES string of the molecule is CC(C)C(NC(=O)OC(C)(C)C)C(=O)Oc1ccc2c(c1)oc(=O)c1ccccc12. The van der Waals surface area contributed by atoms with E-state index >= 15 is 0 Å². The number of carbonyl (C=O) groups is 2. The van der Waals surface area contributed by atoms with Gasteiger partial charge in [0, 0.05) is 11.5 Å². The molecule has 1 unspecified atom stereocenters. The molecule has 0 saturated carbocycles. The highest BCUT2D eigenvalue weighted by Gasteiger charge is 2.28. The second kappa shape index (κ2) is 8.18. The van der Waals surface area contributed by atoms with E-state index in [9.17, 15) is 14.4 Å². The number of benzene rings is 2. The van der Waals surface area contributed by atoms with Gasteiger partial charge in [-0.15, -0.1) is 0 Å². The number of carbonyl (C=O) groups excluding carboxylic acids is 2. The number of alkyl carbamates (subject to hydrolysis) is 1. The van der Waals surface area contributed by atoms with Gasteiger partial charge in [0.15, 0.2) is 0 Å². The third kappa shape index (κ3) is 4.79. The number of nitrogens with one attached hydrogen (secondary N) is 1. The molecule has 0 aliphatic rings. The van der Waals surface area contributed by atoms with Crippen LogP contribution in [0.15, 0.2) is 51.7 Å². The third-order valence-corrected chi connectivity index (χ3v) is 4.40. The van der Waals surface area contributed by atoms with Gasteiger partial charge in [-0.1, -0.05) is 32.0 Å². The largest absolute Gasteiger partial charge is 0.444 e. The van der Waals surface area contributed by atoms with Crippen molar-refractivity contribution >= 4 is 33.8 Å². The maximum atomic E-state index is 12.7. The van der Waals surface area contributed by atoms with Crippen molar-refractivity contribution < 1.29 is 23.5 Å². The van der Waals surface area contributed by atoms with Crippen LogP contribution in [0.1, 0.15) is 34.6 Å². The van der Waals surface area contributed by atoms with E-state index in [1.165, 1.54) is 6.07 Å². The third-order valence-electron chi connectivity index (χ3n) is 4.40. The zero-order valence-electron chi connectivity index (χ0n) is 17.6. The van der Waals surface area contributed by atoms with Crippen LogP contribution in [0.5, 0.6) is 5.75 Å². The molecule has 2 aromatic carbocycles. The zero-order valence-corrected chi connectivity index (χ0v) is 17.6. The fourth-order valence-corrected chi connectivity index (χ4v) is 3.04. The van der Waals surface area contributed by atoms with Crippen LogP contribution in [0.3, 0.4) is 0 Å². The molecule has 30 heavy (non-hydrogen) atoms. The molecule has 0 saturated heterocycles. The lowest BCUT2D eigenvalue weighted by molar-refractivity contribution is -0.137. The molecular formula is C23H25NO6. The molecule has 0 fully saturated rings. The van der Waals surface area contributed by atoms with E-state index in [-0.39, 0.29) is 11.7 Å². The lowest BCUT2D eigenvalue weighted by Crippen LogP contribution is -2.48. The summed E-state index contributed by atoms with van der Waals surface area (Å²) in [6.07, 6.45) is -0.700. The van der Waals surface area contributed by atoms with Gasteiger partial charge in [0.25, 0.3) is 0 Å². The summed E-state index contributed by atoms with van der Waals surface area (Å²) in [5.41, 5.74) is -0.841. The topological polar surface area (TPSA) is 94.8 Å². The Morgan fingerprint density at radius 1 is 1.00 bits per heavy atom. The molecular weight excluding hydrogens is 386 g/mol. The standard InChI is InChI=1S/C23H25NO6/c1-13(2)19(24-22(27)30-23(3,4)5)21(26)28-14-10-11-16-15-8-6-7-9-17(15)20(25)29-18(16)12-14/h6-13,19H,1-5H3,(H,24,27). The molecule has 3 aromatic rings. The Morgan fingerprint density at radius 3 is 2.30 bits per heavy atom. The first kappa shape index (κ1) is 21.4. The molecule has 0 spiro atoms. The van der Waals surface area contributed by atoms with E-state index in [1.807, 2.05) is 12.1 Å². The van der Waals surface area contributed by atoms with Gasteiger partial charge in [-0.2, -0.15) is 0 Å². The number of hydrogen-bond acceptors (Lipinski definition) is 6. The summed E-state index contributed by atoms with van der Waals surface area (Å²) in [6.45, 7) is 8.79. The lowest BCUT2D eigenvalue weighted by atomic mass is 10.0. The fraction of sp³-hybridized carbons (Fsp3) is 0.348. The van der Waals surface area contributed by atoms with Crippen molar-refractivity contribution in [3.63, 3.8) is 0 Å². The molecule has 0 aliphatic carbocycles. The smallest absolute Gasteiger partial charge is 0.408 e. The van der Waals surface area contributed by atoms with E-state index in [0.29, 0.717) is 11.0 Å². The van der Waals surface area contributed by atoms with Crippen molar-refractivity contribution in [1.29, 1.82) is 0 Å². The molecule has 0 radical (unpaired) electrons. The van der Waals surface area contributed by atoms with Gasteiger partial charge in [0.05, 0.1) is 5.39 Å². The lowest BCUT2D eigenvalue weighted by Gasteiger charge is -2.24. The maximum Gasteiger partial charge on any atom is 0.408 e. The Labute approximate surface area is 174 Å². The first-order chi connectivity index (χ1) is 14.0. The Bertz CT molecular complexity index is 1160. The van der Waals surface area contributed by atoms with Crippen LogP contribution in [0.4, 0.5) is 4.79 Å². The van der Waals surface area contributed by atoms with Crippen molar-refractivity contribution in [3.05, 3.63) is 52.9 Å². The van der Waals surface area contributed by atoms with E-state index in [2.05, 4.69) is 5.32 Å². The summed E-state index contributed by atoms with van der Waals surface area (Å²) in [4.78, 5) is 37.0. The number of amides is 1. The van der Waals surface area contributed by atoms with Gasteiger partial charge in [-0.05, 0) is 50.3 Å². The first-order valence-corrected chi connectivity index (χ1v) is 9.72. The molecule has 1 heterocycles. The van der Waals surface area contributed by atoms with Crippen molar-refractivity contribution in [1.82, 2.24) is 5.32 Å². The van der Waals surface area contributed by atoms with Crippen molar-refractivity contribution in [2.75, 3.05) is 0 Å². The highest BCUT2D eigenvalue weighted by atomic mass is 16.6. The minimum Gasteiger partial charge on any atom is -0.444 e. The van der Waals surface area contributed by atoms with Gasteiger partial charge in [0.2, 0.25) is 0 Å². The Morgan fingerprint density at radius 2 is 1.67 bits per heavy atom. The van der Waals surface area contributed by atoms with Gasteiger partial charge >= 0.3 is 17.7 Å². The van der Waals surface area contributed by atoms with E-state index in [0.717, 1.165) is 10.8 Å². The summed E-state index contributed by atoms with van der Waals surface area (Å²) in [5, 5.41) is 4.53. The molecule has 7 heteroatoms. The van der Waals surface area contributed by atoms with E-state index in [4.69, 9.17) is 13.9 Å². The molecule has 1 atom stereocenters. The zero-order chi connectivity index (χ0) is 22.1. The van der Waals surface area contributed by atoms with Gasteiger partial charge in [0.1, 0.15) is 23.0 Å². The normalized spacial score (nSPS) is 12.7. The molecule has 0 bridgehead atoms. The summed E-state index contributed by atoms with van der Waals surface area (Å²) in [5.74, 6) is -0.659. The second-order valence-electron chi connectivity index (χ2n) is 8.38. The Hall–Kier alpha value is -3.35. The average molecular weight is 411 g/mol. The van der Waals surface area contributed by atoms with Crippen LogP contribution >= 0.6 is 0 Å². The Balaban J connectivity index is 1.85. The maximum absolute atomic E-state index is 12.7. The van der Waals surface area contributed by atoms with Crippen LogP contribution in [0.25, 0.3) is 21.7 Å². The first-order valence-electron chi connectivity index (χ1n) is 9.72. The highest BCUT2D eigenvalue weighted by Crippen LogP contribution is 2.26. The summed E-state index contributed by atoms with van der Waals surface area (Å²) in [6, 6.07) is 11.1. The number of fused-ring (bicyclic) bond motifs is 3. The van der Waals surface area contributed by atoms with Gasteiger partial charge < -0.3 is 19.2 Å². The number of rotatable bonds is 4. The van der Waals surface area contributed by atoms with Crippen LogP contribution < -0.4 is 15.7 Å². The predicted octanol–water partition coefficient (Wildman–Crippen LogP) is 4.40. The molecule has 1 N–H and O–H groups in total. The average Bonchev–Trinajstić information content (AvgIpc) is 2.64. The monoisotopic (exact) mass is 411 g/mol. The molecule has 7 nitrogen and oxygen atoms in total. The van der Waals surface area contributed by atoms with Crippen LogP contribution in [0.2, 0.25) is 0 Å². The highest BCUT2D eigenvalue weighted by molar-refractivity contribution is 6.04. The predicted molar refractivity (Wildman–Crippen MR) is 114 cm³/mol. The Kier molecular flexibility index (Phi) is 5.82. The quantitative estimate of drug-likeness (QED) is 0.296. The van der Waals surface area contributed by atoms with E-state index in [1.54, 1.807) is 58.9 Å². The summed E-state index contributed by atoms with van der Waals surface area (Å²) in [7, 11) is 0. The summed E-state index contributed by atoms with van der Waals surface area (Å²) < 4.78 is 16.1. The molecule has 1 aromatic heterocycles. The van der Waals surface area contributed by atoms with Crippen molar-refractivity contribution in [2.24, 2.45) is 5.92 Å². The summed E-state index contributed by atoms with van der Waals surface area (Å²) >= 11 is 0. The van der Waals surface area contributed by atoms with Crippen LogP contribution in [-0.2, 0) is 9.53 Å². The number of ether oxygens (including phenoxy) is 2. The minimum absolute atomic E-state index is 0.211. The van der Waals surface area contributed by atoms with Crippen molar-refractivity contribution in [2.45, 2.75) is 46.3 Å². The fourth-order valence-electron chi connectivity index (χ4n) is 3.04. The minimum atomic E-state index is -0.904. The van der Waals surface area contributed by atoms with E-state index < -0.39 is 29.3 Å². The van der Waals surface area contributed by atoms with Crippen LogP contribution in [0, 0.1) is 5.92 Å². The number of esters is 1. The van der Waals surface area contributed by atoms with Crippen molar-refractivity contribution in [3.8, 4) is 5.75 Å². The van der Waals surface area contributed by atoms with Gasteiger partial charge in [-0.3, -0.25) is 0 Å². The molecule has 0 aliphatic heterocycles. The second-order valence-corrected chi connectivity index (χ2v) is 8.38. The number of hydrogen-bond donors (Lipinski definition) is 1. The van der Waals surface area contributed by atoms with Gasteiger partial charge in [-0.25, -0.2) is 14.4 Å². The molecule has 1 amide bonds. The molecule has 3 rings (SSSR count). The van der Waals surface area contributed by atoms with Crippen LogP contribution in [-0.4, -0.2) is 23.7 Å². The molecule has 158 valence electrons.